The number of carboxylic acids is 2. The average Bonchev–Trinajstić information content (AvgIpc) is 2.46. The Morgan fingerprint density at radius 3 is 2.43 bits per heavy atom. The average molecular weight is 317 g/mol. The molecule has 7 nitrogen and oxygen atoms in total. The van der Waals surface area contributed by atoms with Crippen LogP contribution in [-0.4, -0.2) is 26.6 Å². The van der Waals surface area contributed by atoms with E-state index in [1.807, 2.05) is 0 Å². The molecule has 2 aromatic heterocycles. The molecule has 120 valence electrons. The van der Waals surface area contributed by atoms with Crippen molar-refractivity contribution >= 4 is 23.3 Å². The lowest BCUT2D eigenvalue weighted by Gasteiger charge is -2.11. The minimum atomic E-state index is -1.38. The highest BCUT2D eigenvalue weighted by molar-refractivity contribution is 6.10. The summed E-state index contributed by atoms with van der Waals surface area (Å²) in [5, 5.41) is 18.4. The topological polar surface area (TPSA) is 100.0 Å². The summed E-state index contributed by atoms with van der Waals surface area (Å²) in [4.78, 5) is 35.2. The summed E-state index contributed by atoms with van der Waals surface area (Å²) >= 11 is 0. The summed E-state index contributed by atoms with van der Waals surface area (Å²) in [7, 11) is 0. The first-order chi connectivity index (χ1) is 10.8. The van der Waals surface area contributed by atoms with Gasteiger partial charge in [0, 0.05) is 6.07 Å². The fraction of sp³-hybridized carbons (Fsp3) is 0.250. The van der Waals surface area contributed by atoms with Crippen LogP contribution in [0.1, 0.15) is 23.9 Å². The number of carboxylic acid groups (broad SMARTS) is 2. The number of rotatable bonds is 4. The smallest absolute Gasteiger partial charge is 0.376 e. The van der Waals surface area contributed by atoms with Crippen molar-refractivity contribution in [3.63, 3.8) is 0 Å². The number of nitrogens with zero attached hydrogens (tertiary/aromatic N) is 2. The minimum absolute atomic E-state index is 0.227. The molecule has 0 aromatic carbocycles. The molecule has 0 aliphatic heterocycles. The van der Waals surface area contributed by atoms with Gasteiger partial charge in [0.15, 0.2) is 0 Å². The van der Waals surface area contributed by atoms with Gasteiger partial charge >= 0.3 is 17.5 Å². The highest BCUT2D eigenvalue weighted by Gasteiger charge is 2.27. The molecule has 0 aliphatic carbocycles. The van der Waals surface area contributed by atoms with E-state index in [1.165, 1.54) is 8.97 Å². The molecule has 2 N–H and O–H groups in total. The van der Waals surface area contributed by atoms with Crippen molar-refractivity contribution in [3.8, 4) is 0 Å². The highest BCUT2D eigenvalue weighted by atomic mass is 16.4. The Balaban J connectivity index is 3.10. The van der Waals surface area contributed by atoms with Gasteiger partial charge in [-0.15, -0.1) is 0 Å². The molecule has 2 aromatic rings. The molecule has 2 heterocycles. The summed E-state index contributed by atoms with van der Waals surface area (Å²) in [5.41, 5.74) is 1.14. The van der Waals surface area contributed by atoms with Crippen LogP contribution in [0.15, 0.2) is 29.1 Å². The second-order valence-corrected chi connectivity index (χ2v) is 5.09. The molecule has 0 saturated carbocycles. The van der Waals surface area contributed by atoms with Crippen molar-refractivity contribution in [3.05, 3.63) is 51.6 Å². The summed E-state index contributed by atoms with van der Waals surface area (Å²) in [6.07, 6.45) is 1.03. The largest absolute Gasteiger partial charge is 0.478 e. The zero-order valence-electron chi connectivity index (χ0n) is 13.0. The Morgan fingerprint density at radius 1 is 1.26 bits per heavy atom. The van der Waals surface area contributed by atoms with Crippen LogP contribution in [0.2, 0.25) is 0 Å². The van der Waals surface area contributed by atoms with E-state index in [-0.39, 0.29) is 5.56 Å². The third kappa shape index (κ3) is 2.73. The van der Waals surface area contributed by atoms with Crippen molar-refractivity contribution in [1.82, 2.24) is 4.40 Å². The Hall–Kier alpha value is -2.96. The Morgan fingerprint density at radius 2 is 1.91 bits per heavy atom. The monoisotopic (exact) mass is 317 g/mol. The van der Waals surface area contributed by atoms with Crippen LogP contribution in [0, 0.1) is 13.8 Å². The Bertz CT molecular complexity index is 909. The van der Waals surface area contributed by atoms with E-state index in [1.54, 1.807) is 39.0 Å². The molecule has 23 heavy (non-hydrogen) atoms. The third-order valence-corrected chi connectivity index (χ3v) is 3.70. The summed E-state index contributed by atoms with van der Waals surface area (Å²) in [6, 6.07) is 5.00. The number of fused-ring (bicyclic) bond motifs is 1. The number of aryl methyl sites for hydroxylation is 1. The molecule has 0 spiro atoms. The van der Waals surface area contributed by atoms with Crippen LogP contribution in [0.25, 0.3) is 11.3 Å². The summed E-state index contributed by atoms with van der Waals surface area (Å²) in [6.45, 7) is 5.14. The van der Waals surface area contributed by atoms with Crippen LogP contribution >= 0.6 is 0 Å². The van der Waals surface area contributed by atoms with Gasteiger partial charge in [-0.1, -0.05) is 13.0 Å². The predicted octanol–water partition coefficient (Wildman–Crippen LogP) is 0.776. The lowest BCUT2D eigenvalue weighted by molar-refractivity contribution is -0.561. The fourth-order valence-corrected chi connectivity index (χ4v) is 2.69. The molecule has 0 unspecified atom stereocenters. The van der Waals surface area contributed by atoms with Gasteiger partial charge in [0.1, 0.15) is 11.4 Å². The van der Waals surface area contributed by atoms with E-state index in [4.69, 9.17) is 5.11 Å². The maximum Gasteiger partial charge on any atom is 0.376 e. The van der Waals surface area contributed by atoms with E-state index in [2.05, 4.69) is 0 Å². The molecule has 0 aliphatic rings. The quantitative estimate of drug-likeness (QED) is 0.641. The molecule has 2 rings (SSSR count). The molecule has 0 fully saturated rings. The lowest BCUT2D eigenvalue weighted by atomic mass is 10.1. The predicted molar refractivity (Wildman–Crippen MR) is 82.3 cm³/mol. The van der Waals surface area contributed by atoms with Gasteiger partial charge in [-0.2, -0.15) is 8.97 Å². The van der Waals surface area contributed by atoms with Crippen LogP contribution in [0.4, 0.5) is 0 Å². The molecule has 0 radical (unpaired) electrons. The molecule has 0 saturated heterocycles. The molecule has 0 bridgehead atoms. The van der Waals surface area contributed by atoms with Crippen LogP contribution < -0.4 is 10.1 Å². The summed E-state index contributed by atoms with van der Waals surface area (Å²) in [5.74, 6) is -2.76. The van der Waals surface area contributed by atoms with E-state index in [0.29, 0.717) is 35.1 Å². The number of aliphatic carboxylic acids is 2. The number of hydrogen-bond acceptors (Lipinski definition) is 3. The van der Waals surface area contributed by atoms with E-state index >= 15 is 0 Å². The van der Waals surface area contributed by atoms with Crippen molar-refractivity contribution in [2.24, 2.45) is 0 Å². The maximum atomic E-state index is 12.6. The lowest BCUT2D eigenvalue weighted by Crippen LogP contribution is -2.46. The second kappa shape index (κ2) is 6.04. The van der Waals surface area contributed by atoms with Crippen molar-refractivity contribution in [2.45, 2.75) is 27.2 Å². The Kier molecular flexibility index (Phi) is 4.31. The van der Waals surface area contributed by atoms with Gasteiger partial charge in [0.25, 0.3) is 5.65 Å². The van der Waals surface area contributed by atoms with Crippen LogP contribution in [-0.2, 0) is 16.0 Å². The first-order valence-corrected chi connectivity index (χ1v) is 7.03. The molecular formula is C16H17N2O5+. The SMILES string of the molecule is CCc1c(C)[n+](/C(=C/C(=O)O)C(=O)O)c2cccc(C)n2c1=O. The summed E-state index contributed by atoms with van der Waals surface area (Å²) < 4.78 is 2.69. The van der Waals surface area contributed by atoms with E-state index in [0.717, 1.165) is 0 Å². The van der Waals surface area contributed by atoms with E-state index in [9.17, 15) is 19.5 Å². The van der Waals surface area contributed by atoms with Gasteiger partial charge < -0.3 is 10.2 Å². The van der Waals surface area contributed by atoms with Gasteiger partial charge in [-0.05, 0) is 26.3 Å². The van der Waals surface area contributed by atoms with Crippen molar-refractivity contribution in [2.75, 3.05) is 0 Å². The normalized spacial score (nSPS) is 11.7. The number of pyridine rings is 1. The molecular weight excluding hydrogens is 300 g/mol. The van der Waals surface area contributed by atoms with Crippen molar-refractivity contribution < 1.29 is 24.4 Å². The van der Waals surface area contributed by atoms with Gasteiger partial charge in [0.05, 0.1) is 11.6 Å². The number of aromatic nitrogens is 2. The maximum absolute atomic E-state index is 12.6. The molecule has 0 atom stereocenters. The van der Waals surface area contributed by atoms with Crippen molar-refractivity contribution in [1.29, 1.82) is 0 Å². The van der Waals surface area contributed by atoms with Gasteiger partial charge in [0.2, 0.25) is 5.70 Å². The van der Waals surface area contributed by atoms with Crippen LogP contribution in [0.5, 0.6) is 0 Å². The number of carbonyl (C=O) groups is 2. The van der Waals surface area contributed by atoms with E-state index < -0.39 is 17.6 Å². The molecule has 7 heteroatoms. The zero-order chi connectivity index (χ0) is 17.3. The standard InChI is InChI=1S/C16H16N2O5/c1-4-11-10(3)18(12(16(22)23)8-14(19)20)13-7-5-6-9(2)17(13)15(11)21/h5-8H,4H2,1-3H3,(H-,19,20,22,23)/p+1/b12-8+. The minimum Gasteiger partial charge on any atom is -0.478 e. The number of hydrogen-bond donors (Lipinski definition) is 2. The third-order valence-electron chi connectivity index (χ3n) is 3.70. The van der Waals surface area contributed by atoms with Gasteiger partial charge in [-0.3, -0.25) is 0 Å². The van der Waals surface area contributed by atoms with Crippen LogP contribution in [0.3, 0.4) is 0 Å². The zero-order valence-corrected chi connectivity index (χ0v) is 13.0. The Labute approximate surface area is 131 Å². The first kappa shape index (κ1) is 16.4. The molecule has 0 amide bonds. The van der Waals surface area contributed by atoms with Gasteiger partial charge in [-0.25, -0.2) is 14.4 Å². The highest BCUT2D eigenvalue weighted by Crippen LogP contribution is 2.09. The fourth-order valence-electron chi connectivity index (χ4n) is 2.69. The first-order valence-electron chi connectivity index (χ1n) is 7.03. The second-order valence-electron chi connectivity index (χ2n) is 5.09.